The molecule has 1 aromatic carbocycles. The lowest BCUT2D eigenvalue weighted by Crippen LogP contribution is -2.39. The molecule has 0 bridgehead atoms. The molecule has 1 atom stereocenters. The highest BCUT2D eigenvalue weighted by molar-refractivity contribution is 14.0. The maximum atomic E-state index is 9.65. The van der Waals surface area contributed by atoms with Gasteiger partial charge in [0, 0.05) is 32.0 Å². The highest BCUT2D eigenvalue weighted by atomic mass is 127. The summed E-state index contributed by atoms with van der Waals surface area (Å²) >= 11 is 0. The second-order valence-electron chi connectivity index (χ2n) is 5.73. The Bertz CT molecular complexity index is 646. The van der Waals surface area contributed by atoms with Gasteiger partial charge in [0.05, 0.1) is 13.2 Å². The fraction of sp³-hybridized carbons (Fsp3) is 0.500. The van der Waals surface area contributed by atoms with Crippen LogP contribution in [0.1, 0.15) is 31.2 Å². The Labute approximate surface area is 172 Å². The second-order valence-corrected chi connectivity index (χ2v) is 5.73. The molecule has 0 saturated carbocycles. The van der Waals surface area contributed by atoms with E-state index in [4.69, 9.17) is 0 Å². The Morgan fingerprint density at radius 3 is 2.65 bits per heavy atom. The van der Waals surface area contributed by atoms with E-state index in [1.54, 1.807) is 6.33 Å². The Morgan fingerprint density at radius 2 is 2.00 bits per heavy atom. The van der Waals surface area contributed by atoms with Crippen molar-refractivity contribution in [3.63, 3.8) is 0 Å². The van der Waals surface area contributed by atoms with Crippen LogP contribution in [0, 0.1) is 0 Å². The van der Waals surface area contributed by atoms with Gasteiger partial charge in [-0.25, -0.2) is 0 Å². The number of rotatable bonds is 9. The third-order valence-corrected chi connectivity index (χ3v) is 3.96. The summed E-state index contributed by atoms with van der Waals surface area (Å²) in [7, 11) is 0. The number of halogens is 1. The predicted molar refractivity (Wildman–Crippen MR) is 115 cm³/mol. The van der Waals surface area contributed by atoms with E-state index in [9.17, 15) is 5.11 Å². The number of aliphatic imine (C=N–C) groups is 1. The molecular formula is C18H29IN6O. The van der Waals surface area contributed by atoms with Gasteiger partial charge < -0.3 is 20.3 Å². The largest absolute Gasteiger partial charge is 0.396 e. The lowest BCUT2D eigenvalue weighted by molar-refractivity contribution is 0.268. The summed E-state index contributed by atoms with van der Waals surface area (Å²) in [6.45, 7) is 7.00. The second kappa shape index (κ2) is 12.6. The van der Waals surface area contributed by atoms with Crippen molar-refractivity contribution in [2.45, 2.75) is 32.7 Å². The van der Waals surface area contributed by atoms with Crippen molar-refractivity contribution in [2.24, 2.45) is 4.99 Å². The van der Waals surface area contributed by atoms with E-state index in [0.29, 0.717) is 6.54 Å². The molecule has 1 unspecified atom stereocenters. The van der Waals surface area contributed by atoms with Gasteiger partial charge in [-0.05, 0) is 12.5 Å². The molecule has 26 heavy (non-hydrogen) atoms. The van der Waals surface area contributed by atoms with Crippen molar-refractivity contribution in [3.05, 3.63) is 48.0 Å². The van der Waals surface area contributed by atoms with Crippen LogP contribution in [0.25, 0.3) is 0 Å². The average molecular weight is 472 g/mol. The number of nitrogens with one attached hydrogen (secondary N) is 2. The molecule has 144 valence electrons. The van der Waals surface area contributed by atoms with Crippen LogP contribution in [0.15, 0.2) is 41.7 Å². The molecule has 0 saturated heterocycles. The molecule has 8 heteroatoms. The monoisotopic (exact) mass is 472 g/mol. The van der Waals surface area contributed by atoms with Gasteiger partial charge in [-0.3, -0.25) is 4.99 Å². The fourth-order valence-corrected chi connectivity index (χ4v) is 2.57. The minimum atomic E-state index is 0. The Hall–Kier alpha value is -1.68. The lowest BCUT2D eigenvalue weighted by atomic mass is 10.0. The van der Waals surface area contributed by atoms with Crippen LogP contribution in [0.5, 0.6) is 0 Å². The Kier molecular flexibility index (Phi) is 10.9. The van der Waals surface area contributed by atoms with Crippen molar-refractivity contribution < 1.29 is 5.11 Å². The van der Waals surface area contributed by atoms with E-state index in [1.165, 1.54) is 0 Å². The number of benzene rings is 1. The van der Waals surface area contributed by atoms with Crippen LogP contribution < -0.4 is 10.6 Å². The number of aryl methyl sites for hydroxylation is 1. The highest BCUT2D eigenvalue weighted by Crippen LogP contribution is 2.14. The topological polar surface area (TPSA) is 87.4 Å². The molecular weight excluding hydrogens is 443 g/mol. The van der Waals surface area contributed by atoms with Gasteiger partial charge >= 0.3 is 0 Å². The Morgan fingerprint density at radius 1 is 1.23 bits per heavy atom. The van der Waals surface area contributed by atoms with Crippen molar-refractivity contribution in [1.29, 1.82) is 0 Å². The molecule has 0 fully saturated rings. The van der Waals surface area contributed by atoms with Crippen molar-refractivity contribution in [2.75, 3.05) is 26.2 Å². The predicted octanol–water partition coefficient (Wildman–Crippen LogP) is 1.79. The summed E-state index contributed by atoms with van der Waals surface area (Å²) in [6, 6.07) is 9.98. The molecule has 0 aliphatic carbocycles. The van der Waals surface area contributed by atoms with Crippen molar-refractivity contribution in [3.8, 4) is 0 Å². The number of aliphatic hydroxyl groups excluding tert-OH is 1. The zero-order valence-corrected chi connectivity index (χ0v) is 17.8. The van der Waals surface area contributed by atoms with Crippen LogP contribution in [-0.2, 0) is 13.0 Å². The van der Waals surface area contributed by atoms with E-state index in [-0.39, 0.29) is 36.5 Å². The summed E-state index contributed by atoms with van der Waals surface area (Å²) in [5, 5.41) is 24.2. The molecule has 1 aromatic heterocycles. The number of hydrogen-bond donors (Lipinski definition) is 3. The van der Waals surface area contributed by atoms with E-state index >= 15 is 0 Å². The minimum Gasteiger partial charge on any atom is -0.396 e. The quantitative estimate of drug-likeness (QED) is 0.294. The van der Waals surface area contributed by atoms with Gasteiger partial charge in [-0.2, -0.15) is 0 Å². The number of guanidine groups is 1. The SMILES string of the molecule is CCNC(=NCC(CO)c1ccccc1)NCCn1cnnc1CC.I. The molecule has 1 heterocycles. The number of aromatic nitrogens is 3. The average Bonchev–Trinajstić information content (AvgIpc) is 3.10. The normalized spacial score (nSPS) is 12.3. The van der Waals surface area contributed by atoms with E-state index < -0.39 is 0 Å². The third kappa shape index (κ3) is 6.91. The minimum absolute atomic E-state index is 0. The number of nitrogens with zero attached hydrogens (tertiary/aromatic N) is 4. The van der Waals surface area contributed by atoms with Gasteiger partial charge in [0.15, 0.2) is 5.96 Å². The number of aliphatic hydroxyl groups is 1. The molecule has 3 N–H and O–H groups in total. The zero-order chi connectivity index (χ0) is 17.9. The maximum absolute atomic E-state index is 9.65. The first kappa shape index (κ1) is 22.4. The van der Waals surface area contributed by atoms with Crippen LogP contribution in [0.2, 0.25) is 0 Å². The van der Waals surface area contributed by atoms with Crippen LogP contribution in [-0.4, -0.2) is 52.1 Å². The van der Waals surface area contributed by atoms with Gasteiger partial charge in [-0.1, -0.05) is 37.3 Å². The molecule has 0 radical (unpaired) electrons. The van der Waals surface area contributed by atoms with E-state index in [2.05, 4.69) is 32.7 Å². The van der Waals surface area contributed by atoms with Crippen molar-refractivity contribution in [1.82, 2.24) is 25.4 Å². The first-order chi connectivity index (χ1) is 12.3. The van der Waals surface area contributed by atoms with Gasteiger partial charge in [-0.15, -0.1) is 34.2 Å². The molecule has 0 aliphatic rings. The summed E-state index contributed by atoms with van der Waals surface area (Å²) in [4.78, 5) is 4.62. The first-order valence-electron chi connectivity index (χ1n) is 8.83. The van der Waals surface area contributed by atoms with Gasteiger partial charge in [0.25, 0.3) is 0 Å². The zero-order valence-electron chi connectivity index (χ0n) is 15.4. The molecule has 2 aromatic rings. The van der Waals surface area contributed by atoms with Crippen LogP contribution >= 0.6 is 24.0 Å². The first-order valence-corrected chi connectivity index (χ1v) is 8.83. The van der Waals surface area contributed by atoms with Crippen LogP contribution in [0.4, 0.5) is 0 Å². The van der Waals surface area contributed by atoms with Gasteiger partial charge in [0.2, 0.25) is 0 Å². The summed E-state index contributed by atoms with van der Waals surface area (Å²) in [5.74, 6) is 1.73. The molecule has 7 nitrogen and oxygen atoms in total. The number of hydrogen-bond acceptors (Lipinski definition) is 4. The highest BCUT2D eigenvalue weighted by Gasteiger charge is 2.10. The standard InChI is InChI=1S/C18H28N6O.HI/c1-3-17-23-22-14-24(17)11-10-20-18(19-4-2)21-12-16(13-25)15-8-6-5-7-9-15;/h5-9,14,16,25H,3-4,10-13H2,1-2H3,(H2,19,20,21);1H. The Balaban J connectivity index is 0.00000338. The summed E-state index contributed by atoms with van der Waals surface area (Å²) in [5.41, 5.74) is 1.10. The molecule has 0 aliphatic heterocycles. The summed E-state index contributed by atoms with van der Waals surface area (Å²) in [6.07, 6.45) is 2.62. The molecule has 0 amide bonds. The maximum Gasteiger partial charge on any atom is 0.191 e. The third-order valence-electron chi connectivity index (χ3n) is 3.96. The van der Waals surface area contributed by atoms with E-state index in [0.717, 1.165) is 43.4 Å². The summed E-state index contributed by atoms with van der Waals surface area (Å²) < 4.78 is 2.04. The van der Waals surface area contributed by atoms with Gasteiger partial charge in [0.1, 0.15) is 12.2 Å². The molecule has 2 rings (SSSR count). The fourth-order valence-electron chi connectivity index (χ4n) is 2.57. The van der Waals surface area contributed by atoms with Crippen LogP contribution in [0.3, 0.4) is 0 Å². The molecule has 0 spiro atoms. The lowest BCUT2D eigenvalue weighted by Gasteiger charge is -2.15. The van der Waals surface area contributed by atoms with E-state index in [1.807, 2.05) is 41.8 Å². The van der Waals surface area contributed by atoms with Crippen molar-refractivity contribution >= 4 is 29.9 Å². The smallest absolute Gasteiger partial charge is 0.191 e.